The lowest BCUT2D eigenvalue weighted by molar-refractivity contribution is -0.133. The van der Waals surface area contributed by atoms with Gasteiger partial charge in [0.15, 0.2) is 9.84 Å². The van der Waals surface area contributed by atoms with E-state index in [2.05, 4.69) is 47.9 Å². The maximum absolute atomic E-state index is 14.7. The van der Waals surface area contributed by atoms with E-state index in [0.29, 0.717) is 13.1 Å². The van der Waals surface area contributed by atoms with Crippen molar-refractivity contribution >= 4 is 39.5 Å². The Hall–Kier alpha value is -1.62. The number of ether oxygens (including phenoxy) is 1. The molecule has 4 fully saturated rings. The summed E-state index contributed by atoms with van der Waals surface area (Å²) in [6.07, 6.45) is 0.899. The molecule has 0 spiro atoms. The normalized spacial score (nSPS) is 25.5. The Kier molecular flexibility index (Phi) is 8.38. The second-order valence-corrected chi connectivity index (χ2v) is 12.2. The predicted molar refractivity (Wildman–Crippen MR) is 134 cm³/mol. The number of sulfone groups is 1. The molecule has 4 heterocycles. The summed E-state index contributed by atoms with van der Waals surface area (Å²) < 4.78 is 44.4. The van der Waals surface area contributed by atoms with E-state index in [-0.39, 0.29) is 36.3 Å². The average Bonchev–Trinajstić information content (AvgIpc) is 3.06. The van der Waals surface area contributed by atoms with Crippen molar-refractivity contribution in [2.45, 2.75) is 31.8 Å². The van der Waals surface area contributed by atoms with E-state index in [1.54, 1.807) is 0 Å². The average molecular weight is 519 g/mol. The molecule has 0 aliphatic carbocycles. The second kappa shape index (κ2) is 10.6. The first kappa shape index (κ1) is 27.0. The summed E-state index contributed by atoms with van der Waals surface area (Å²) in [5.41, 5.74) is 4.86. The van der Waals surface area contributed by atoms with Crippen LogP contribution in [0.4, 0.5) is 15.8 Å². The molecule has 4 saturated heterocycles. The van der Waals surface area contributed by atoms with E-state index in [0.717, 1.165) is 50.6 Å². The Labute approximate surface area is 207 Å². The molecular formula is C23H36ClFN4O4S. The summed E-state index contributed by atoms with van der Waals surface area (Å²) >= 11 is 0. The molecule has 1 aromatic carbocycles. The number of nitrogens with two attached hydrogens (primary N) is 1. The first-order valence-corrected chi connectivity index (χ1v) is 13.4. The molecule has 4 aliphatic rings. The molecule has 0 radical (unpaired) electrons. The van der Waals surface area contributed by atoms with Gasteiger partial charge in [-0.05, 0) is 42.0 Å². The Morgan fingerprint density at radius 3 is 2.38 bits per heavy atom. The number of halogens is 2. The summed E-state index contributed by atoms with van der Waals surface area (Å²) in [7, 11) is -4.21. The minimum atomic E-state index is -4.21. The van der Waals surface area contributed by atoms with E-state index in [1.165, 1.54) is 4.90 Å². The smallest absolute Gasteiger partial charge is 0.278 e. The van der Waals surface area contributed by atoms with Crippen LogP contribution in [0.5, 0.6) is 0 Å². The van der Waals surface area contributed by atoms with Crippen molar-refractivity contribution in [1.82, 2.24) is 4.90 Å². The number of fused-ring (bicyclic) bond motifs is 4. The molecule has 5 rings (SSSR count). The highest BCUT2D eigenvalue weighted by Crippen LogP contribution is 2.43. The number of alkyl halides is 1. The van der Waals surface area contributed by atoms with Gasteiger partial charge >= 0.3 is 0 Å². The number of anilines is 2. The van der Waals surface area contributed by atoms with Crippen molar-refractivity contribution in [3.05, 3.63) is 24.3 Å². The van der Waals surface area contributed by atoms with Crippen LogP contribution in [0, 0.1) is 11.3 Å². The van der Waals surface area contributed by atoms with Crippen LogP contribution in [0.3, 0.4) is 0 Å². The number of nitrogens with zero attached hydrogens (tertiary/aromatic N) is 3. The van der Waals surface area contributed by atoms with Gasteiger partial charge in [0.2, 0.25) is 0 Å². The zero-order valence-electron chi connectivity index (χ0n) is 19.9. The standard InChI is InChI=1S/C23H35FN4O4S.ClH/c1-23(2)13-17-14-27(22(29)21(24)33(30,31)12-7-25)16-20(23)28(15-17)19-5-3-18(4-6-19)26-8-10-32-11-9-26;/h3-6,17,20-21H,7-16,25H2,1-2H3;1H/t17-,20-,21+;/m1./s1. The minimum Gasteiger partial charge on any atom is -0.378 e. The molecule has 1 amide bonds. The fourth-order valence-corrected chi connectivity index (χ4v) is 6.53. The number of rotatable bonds is 6. The fourth-order valence-electron chi connectivity index (χ4n) is 5.54. The lowest BCUT2D eigenvalue weighted by Gasteiger charge is -2.48. The monoisotopic (exact) mass is 518 g/mol. The quantitative estimate of drug-likeness (QED) is 0.612. The zero-order chi connectivity index (χ0) is 23.8. The van der Waals surface area contributed by atoms with Gasteiger partial charge < -0.3 is 25.2 Å². The Balaban J connectivity index is 0.00000324. The van der Waals surface area contributed by atoms with Crippen molar-refractivity contribution in [1.29, 1.82) is 0 Å². The molecule has 0 saturated carbocycles. The van der Waals surface area contributed by atoms with Gasteiger partial charge in [-0.15, -0.1) is 12.4 Å². The molecule has 8 nitrogen and oxygen atoms in total. The van der Waals surface area contributed by atoms with E-state index < -0.39 is 27.0 Å². The third-order valence-electron chi connectivity index (χ3n) is 7.20. The Morgan fingerprint density at radius 1 is 1.15 bits per heavy atom. The van der Waals surface area contributed by atoms with Gasteiger partial charge in [0.05, 0.1) is 25.0 Å². The summed E-state index contributed by atoms with van der Waals surface area (Å²) in [6.45, 7) is 8.74. The lowest BCUT2D eigenvalue weighted by Crippen LogP contribution is -2.54. The van der Waals surface area contributed by atoms with E-state index in [1.807, 2.05) is 0 Å². The maximum Gasteiger partial charge on any atom is 0.278 e. The summed E-state index contributed by atoms with van der Waals surface area (Å²) in [6, 6.07) is 8.41. The van der Waals surface area contributed by atoms with Crippen LogP contribution in [-0.4, -0.2) is 89.0 Å². The van der Waals surface area contributed by atoms with Crippen LogP contribution < -0.4 is 15.5 Å². The van der Waals surface area contributed by atoms with Crippen LogP contribution >= 0.6 is 12.4 Å². The highest BCUT2D eigenvalue weighted by Gasteiger charge is 2.48. The second-order valence-electron chi connectivity index (χ2n) is 10.1. The summed E-state index contributed by atoms with van der Waals surface area (Å²) in [5.74, 6) is -1.36. The van der Waals surface area contributed by atoms with Crippen LogP contribution in [0.1, 0.15) is 20.3 Å². The van der Waals surface area contributed by atoms with Crippen LogP contribution in [0.15, 0.2) is 24.3 Å². The lowest BCUT2D eigenvalue weighted by atomic mass is 9.73. The highest BCUT2D eigenvalue weighted by atomic mass is 35.5. The first-order chi connectivity index (χ1) is 15.6. The number of piperidine rings is 1. The topological polar surface area (TPSA) is 96.2 Å². The first-order valence-electron chi connectivity index (χ1n) is 11.7. The number of carbonyl (C=O) groups excluding carboxylic acids is 1. The molecule has 2 bridgehead atoms. The van der Waals surface area contributed by atoms with E-state index >= 15 is 0 Å². The maximum atomic E-state index is 14.7. The van der Waals surface area contributed by atoms with Gasteiger partial charge in [-0.1, -0.05) is 13.8 Å². The van der Waals surface area contributed by atoms with E-state index in [4.69, 9.17) is 10.5 Å². The molecule has 34 heavy (non-hydrogen) atoms. The zero-order valence-corrected chi connectivity index (χ0v) is 21.5. The van der Waals surface area contributed by atoms with Gasteiger partial charge in [0.25, 0.3) is 11.4 Å². The van der Waals surface area contributed by atoms with Crippen molar-refractivity contribution < 1.29 is 22.3 Å². The fraction of sp³-hybridized carbons (Fsp3) is 0.696. The highest BCUT2D eigenvalue weighted by molar-refractivity contribution is 7.92. The summed E-state index contributed by atoms with van der Waals surface area (Å²) in [4.78, 5) is 18.9. The number of hydrogen-bond donors (Lipinski definition) is 1. The molecule has 192 valence electrons. The van der Waals surface area contributed by atoms with Gasteiger partial charge in [-0.25, -0.2) is 12.8 Å². The number of hydrogen-bond acceptors (Lipinski definition) is 7. The number of benzene rings is 1. The number of morpholine rings is 1. The Morgan fingerprint density at radius 2 is 1.76 bits per heavy atom. The van der Waals surface area contributed by atoms with Crippen LogP contribution in [-0.2, 0) is 19.4 Å². The SMILES string of the molecule is CC1(C)C[C@@H]2CN(C(=O)[C@@H](F)S(=O)(=O)CCN)C[C@H]1N(c1ccc(N3CCOCC3)cc1)C2.Cl. The predicted octanol–water partition coefficient (Wildman–Crippen LogP) is 1.68. The van der Waals surface area contributed by atoms with E-state index in [9.17, 15) is 17.6 Å². The molecule has 0 aromatic heterocycles. The largest absolute Gasteiger partial charge is 0.378 e. The molecular weight excluding hydrogens is 483 g/mol. The van der Waals surface area contributed by atoms with Crippen LogP contribution in [0.2, 0.25) is 0 Å². The third kappa shape index (κ3) is 5.45. The van der Waals surface area contributed by atoms with Gasteiger partial charge in [0, 0.05) is 50.6 Å². The molecule has 0 unspecified atom stereocenters. The van der Waals surface area contributed by atoms with Gasteiger partial charge in [-0.3, -0.25) is 4.79 Å². The minimum absolute atomic E-state index is 0. The Bertz CT molecular complexity index is 956. The molecule has 3 atom stereocenters. The van der Waals surface area contributed by atoms with Crippen LogP contribution in [0.25, 0.3) is 0 Å². The molecule has 11 heteroatoms. The van der Waals surface area contributed by atoms with Gasteiger partial charge in [0.1, 0.15) is 0 Å². The van der Waals surface area contributed by atoms with Crippen molar-refractivity contribution in [2.75, 3.05) is 68.0 Å². The third-order valence-corrected chi connectivity index (χ3v) is 8.84. The summed E-state index contributed by atoms with van der Waals surface area (Å²) in [5, 5.41) is 0. The molecule has 4 aliphatic heterocycles. The number of amides is 1. The number of carbonyl (C=O) groups is 1. The van der Waals surface area contributed by atoms with Crippen molar-refractivity contribution in [2.24, 2.45) is 17.1 Å². The van der Waals surface area contributed by atoms with Crippen molar-refractivity contribution in [3.8, 4) is 0 Å². The van der Waals surface area contributed by atoms with Crippen molar-refractivity contribution in [3.63, 3.8) is 0 Å². The molecule has 1 aromatic rings. The van der Waals surface area contributed by atoms with Gasteiger partial charge in [-0.2, -0.15) is 0 Å². The molecule has 2 N–H and O–H groups in total.